The molecular weight excluding hydrogens is 281 g/mol. The molecule has 0 aliphatic rings. The van der Waals surface area contributed by atoms with Crippen LogP contribution in [-0.4, -0.2) is 19.6 Å². The molecule has 2 aromatic rings. The van der Waals surface area contributed by atoms with Gasteiger partial charge in [-0.25, -0.2) is 4.39 Å². The molecular formula is C18H20FNO2. The lowest BCUT2D eigenvalue weighted by molar-refractivity contribution is -0.121. The highest BCUT2D eigenvalue weighted by Crippen LogP contribution is 2.15. The number of nitrogens with one attached hydrogen (secondary N) is 1. The number of halogens is 1. The molecule has 0 bridgehead atoms. The Bertz CT molecular complexity index is 584. The summed E-state index contributed by atoms with van der Waals surface area (Å²) in [7, 11) is 1.63. The van der Waals surface area contributed by atoms with Crippen LogP contribution in [0.15, 0.2) is 54.6 Å². The molecule has 0 saturated carbocycles. The van der Waals surface area contributed by atoms with Gasteiger partial charge >= 0.3 is 0 Å². The van der Waals surface area contributed by atoms with Gasteiger partial charge in [-0.1, -0.05) is 42.5 Å². The number of carbonyl (C=O) groups is 1. The van der Waals surface area contributed by atoms with Crippen LogP contribution in [0.4, 0.5) is 4.39 Å². The van der Waals surface area contributed by atoms with Crippen LogP contribution >= 0.6 is 0 Å². The molecule has 4 heteroatoms. The molecule has 0 aliphatic carbocycles. The van der Waals surface area contributed by atoms with Gasteiger partial charge < -0.3 is 10.1 Å². The average Bonchev–Trinajstić information content (AvgIpc) is 2.56. The number of aryl methyl sites for hydroxylation is 1. The van der Waals surface area contributed by atoms with E-state index in [1.165, 1.54) is 12.1 Å². The van der Waals surface area contributed by atoms with Gasteiger partial charge in [0.15, 0.2) is 0 Å². The van der Waals surface area contributed by atoms with Gasteiger partial charge in [0.25, 0.3) is 0 Å². The van der Waals surface area contributed by atoms with Crippen LogP contribution in [0.3, 0.4) is 0 Å². The molecule has 1 N–H and O–H groups in total. The molecule has 0 aliphatic heterocycles. The van der Waals surface area contributed by atoms with Crippen LogP contribution in [0.1, 0.15) is 23.7 Å². The quantitative estimate of drug-likeness (QED) is 0.852. The van der Waals surface area contributed by atoms with Gasteiger partial charge in [-0.15, -0.1) is 0 Å². The SMILES string of the molecule is COC(CNC(=O)CCc1ccc(F)cc1)c1ccccc1. The highest BCUT2D eigenvalue weighted by Gasteiger charge is 2.11. The lowest BCUT2D eigenvalue weighted by atomic mass is 10.1. The monoisotopic (exact) mass is 301 g/mol. The molecule has 0 spiro atoms. The molecule has 22 heavy (non-hydrogen) atoms. The molecule has 0 saturated heterocycles. The van der Waals surface area contributed by atoms with Crippen LogP contribution in [0.25, 0.3) is 0 Å². The van der Waals surface area contributed by atoms with Crippen molar-refractivity contribution >= 4 is 5.91 Å². The zero-order valence-corrected chi connectivity index (χ0v) is 12.6. The van der Waals surface area contributed by atoms with Crippen molar-refractivity contribution in [3.05, 3.63) is 71.5 Å². The van der Waals surface area contributed by atoms with Gasteiger partial charge in [0.2, 0.25) is 5.91 Å². The van der Waals surface area contributed by atoms with Crippen molar-refractivity contribution in [1.29, 1.82) is 0 Å². The van der Waals surface area contributed by atoms with Gasteiger partial charge in [-0.3, -0.25) is 4.79 Å². The minimum Gasteiger partial charge on any atom is -0.375 e. The van der Waals surface area contributed by atoms with E-state index < -0.39 is 0 Å². The zero-order chi connectivity index (χ0) is 15.8. The Labute approximate surface area is 130 Å². The highest BCUT2D eigenvalue weighted by molar-refractivity contribution is 5.76. The highest BCUT2D eigenvalue weighted by atomic mass is 19.1. The number of hydrogen-bond acceptors (Lipinski definition) is 2. The molecule has 2 aromatic carbocycles. The second-order valence-electron chi connectivity index (χ2n) is 5.07. The first-order valence-electron chi connectivity index (χ1n) is 7.28. The van der Waals surface area contributed by atoms with E-state index in [0.29, 0.717) is 19.4 Å². The standard InChI is InChI=1S/C18H20FNO2/c1-22-17(15-5-3-2-4-6-15)13-20-18(21)12-9-14-7-10-16(19)11-8-14/h2-8,10-11,17H,9,12-13H2,1H3,(H,20,21). The molecule has 0 aromatic heterocycles. The number of benzene rings is 2. The molecule has 2 rings (SSSR count). The van der Waals surface area contributed by atoms with Crippen LogP contribution in [0.5, 0.6) is 0 Å². The van der Waals surface area contributed by atoms with E-state index in [-0.39, 0.29) is 17.8 Å². The van der Waals surface area contributed by atoms with Crippen molar-refractivity contribution in [2.75, 3.05) is 13.7 Å². The van der Waals surface area contributed by atoms with Crippen molar-refractivity contribution < 1.29 is 13.9 Å². The number of methoxy groups -OCH3 is 1. The first-order chi connectivity index (χ1) is 10.7. The first-order valence-corrected chi connectivity index (χ1v) is 7.28. The molecule has 3 nitrogen and oxygen atoms in total. The van der Waals surface area contributed by atoms with Crippen molar-refractivity contribution in [2.24, 2.45) is 0 Å². The van der Waals surface area contributed by atoms with E-state index in [9.17, 15) is 9.18 Å². The summed E-state index contributed by atoms with van der Waals surface area (Å²) in [5.41, 5.74) is 1.98. The molecule has 0 heterocycles. The maximum absolute atomic E-state index is 12.8. The molecule has 0 fully saturated rings. The Hall–Kier alpha value is -2.20. The fraction of sp³-hybridized carbons (Fsp3) is 0.278. The summed E-state index contributed by atoms with van der Waals surface area (Å²) < 4.78 is 18.2. The Kier molecular flexibility index (Phi) is 6.10. The summed E-state index contributed by atoms with van der Waals surface area (Å²) in [6, 6.07) is 16.0. The number of rotatable bonds is 7. The molecule has 1 atom stereocenters. The van der Waals surface area contributed by atoms with Crippen molar-refractivity contribution in [3.63, 3.8) is 0 Å². The summed E-state index contributed by atoms with van der Waals surface area (Å²) in [6.45, 7) is 0.433. The number of amides is 1. The van der Waals surface area contributed by atoms with E-state index >= 15 is 0 Å². The van der Waals surface area contributed by atoms with Crippen LogP contribution in [0.2, 0.25) is 0 Å². The van der Waals surface area contributed by atoms with Gasteiger partial charge in [-0.2, -0.15) is 0 Å². The topological polar surface area (TPSA) is 38.3 Å². The second-order valence-corrected chi connectivity index (χ2v) is 5.07. The fourth-order valence-corrected chi connectivity index (χ4v) is 2.21. The lowest BCUT2D eigenvalue weighted by Gasteiger charge is -2.16. The number of ether oxygens (including phenoxy) is 1. The van der Waals surface area contributed by atoms with E-state index in [1.54, 1.807) is 19.2 Å². The fourth-order valence-electron chi connectivity index (χ4n) is 2.21. The Balaban J connectivity index is 1.78. The third-order valence-electron chi connectivity index (χ3n) is 3.49. The minimum absolute atomic E-state index is 0.0395. The Morgan fingerprint density at radius 1 is 1.14 bits per heavy atom. The Morgan fingerprint density at radius 3 is 2.45 bits per heavy atom. The van der Waals surface area contributed by atoms with Gasteiger partial charge in [-0.05, 0) is 29.7 Å². The summed E-state index contributed by atoms with van der Waals surface area (Å²) in [6.07, 6.45) is 0.808. The summed E-state index contributed by atoms with van der Waals surface area (Å²) in [5, 5.41) is 2.88. The molecule has 0 radical (unpaired) electrons. The summed E-state index contributed by atoms with van der Waals surface area (Å²) >= 11 is 0. The van der Waals surface area contributed by atoms with Crippen LogP contribution in [0, 0.1) is 5.82 Å². The molecule has 116 valence electrons. The van der Waals surface area contributed by atoms with E-state index in [0.717, 1.165) is 11.1 Å². The summed E-state index contributed by atoms with van der Waals surface area (Å²) in [4.78, 5) is 11.9. The van der Waals surface area contributed by atoms with Crippen molar-refractivity contribution in [3.8, 4) is 0 Å². The average molecular weight is 301 g/mol. The van der Waals surface area contributed by atoms with Gasteiger partial charge in [0.05, 0.1) is 6.10 Å². The van der Waals surface area contributed by atoms with Crippen LogP contribution in [-0.2, 0) is 16.0 Å². The third-order valence-corrected chi connectivity index (χ3v) is 3.49. The first kappa shape index (κ1) is 16.2. The van der Waals surface area contributed by atoms with Crippen LogP contribution < -0.4 is 5.32 Å². The zero-order valence-electron chi connectivity index (χ0n) is 12.6. The largest absolute Gasteiger partial charge is 0.375 e. The second kappa shape index (κ2) is 8.29. The van der Waals surface area contributed by atoms with Crippen molar-refractivity contribution in [1.82, 2.24) is 5.32 Å². The predicted octanol–water partition coefficient (Wildman–Crippen LogP) is 3.26. The Morgan fingerprint density at radius 2 is 1.82 bits per heavy atom. The molecule has 1 amide bonds. The summed E-state index contributed by atoms with van der Waals surface area (Å²) in [5.74, 6) is -0.304. The maximum Gasteiger partial charge on any atom is 0.220 e. The minimum atomic E-state index is -0.265. The van der Waals surface area contributed by atoms with Gasteiger partial charge in [0, 0.05) is 20.1 Å². The molecule has 1 unspecified atom stereocenters. The normalized spacial score (nSPS) is 11.9. The number of carbonyl (C=O) groups excluding carboxylic acids is 1. The van der Waals surface area contributed by atoms with E-state index in [1.807, 2.05) is 30.3 Å². The van der Waals surface area contributed by atoms with E-state index in [2.05, 4.69) is 5.32 Å². The lowest BCUT2D eigenvalue weighted by Crippen LogP contribution is -2.29. The van der Waals surface area contributed by atoms with Gasteiger partial charge in [0.1, 0.15) is 5.82 Å². The maximum atomic E-state index is 12.8. The van der Waals surface area contributed by atoms with Crippen molar-refractivity contribution in [2.45, 2.75) is 18.9 Å². The third kappa shape index (κ3) is 4.97. The predicted molar refractivity (Wildman–Crippen MR) is 83.9 cm³/mol. The van der Waals surface area contributed by atoms with E-state index in [4.69, 9.17) is 4.74 Å². The number of hydrogen-bond donors (Lipinski definition) is 1. The smallest absolute Gasteiger partial charge is 0.220 e.